The van der Waals surface area contributed by atoms with Gasteiger partial charge >= 0.3 is 0 Å². The number of benzene rings is 2. The summed E-state index contributed by atoms with van der Waals surface area (Å²) < 4.78 is 20.7. The van der Waals surface area contributed by atoms with E-state index in [1.165, 1.54) is 33.5 Å². The van der Waals surface area contributed by atoms with E-state index in [0.29, 0.717) is 28.6 Å². The Balaban J connectivity index is 2.38. The Labute approximate surface area is 146 Å². The van der Waals surface area contributed by atoms with Crippen LogP contribution in [0.5, 0.6) is 23.0 Å². The van der Waals surface area contributed by atoms with E-state index in [4.69, 9.17) is 18.9 Å². The summed E-state index contributed by atoms with van der Waals surface area (Å²) >= 11 is 0. The molecule has 6 heteroatoms. The van der Waals surface area contributed by atoms with E-state index >= 15 is 0 Å². The van der Waals surface area contributed by atoms with E-state index < -0.39 is 11.5 Å². The van der Waals surface area contributed by atoms with Crippen molar-refractivity contribution in [3.05, 3.63) is 53.3 Å². The van der Waals surface area contributed by atoms with Crippen molar-refractivity contribution in [2.75, 3.05) is 28.4 Å². The van der Waals surface area contributed by atoms with Crippen LogP contribution in [0, 0.1) is 0 Å². The zero-order valence-corrected chi connectivity index (χ0v) is 14.5. The molecule has 0 aliphatic carbocycles. The smallest absolute Gasteiger partial charge is 0.231 e. The maximum atomic E-state index is 12.5. The minimum absolute atomic E-state index is 0.226. The molecule has 0 saturated carbocycles. The van der Waals surface area contributed by atoms with Crippen LogP contribution < -0.4 is 18.9 Å². The second-order valence-corrected chi connectivity index (χ2v) is 5.03. The third-order valence-corrected chi connectivity index (χ3v) is 3.62. The van der Waals surface area contributed by atoms with Crippen LogP contribution in [-0.2, 0) is 0 Å². The number of methoxy groups -OCH3 is 4. The number of Topliss-reactive ketones (excluding diaryl/α,β-unsaturated/α-hetero) is 1. The van der Waals surface area contributed by atoms with Gasteiger partial charge in [-0.1, -0.05) is 0 Å². The molecular weight excluding hydrogens is 324 g/mol. The Kier molecular flexibility index (Phi) is 5.89. The van der Waals surface area contributed by atoms with Gasteiger partial charge < -0.3 is 24.1 Å². The summed E-state index contributed by atoms with van der Waals surface area (Å²) in [5.41, 5.74) is 0.770. The molecule has 0 aliphatic rings. The highest BCUT2D eigenvalue weighted by molar-refractivity contribution is 6.11. The Morgan fingerprint density at radius 1 is 0.840 bits per heavy atom. The molecule has 0 fully saturated rings. The van der Waals surface area contributed by atoms with Crippen molar-refractivity contribution in [1.29, 1.82) is 0 Å². The molecule has 2 aromatic carbocycles. The minimum Gasteiger partial charge on any atom is -0.504 e. The first-order valence-corrected chi connectivity index (χ1v) is 7.43. The number of hydrogen-bond acceptors (Lipinski definition) is 6. The summed E-state index contributed by atoms with van der Waals surface area (Å²) in [5.74, 6) is 0.932. The summed E-state index contributed by atoms with van der Waals surface area (Å²) in [4.78, 5) is 12.5. The summed E-state index contributed by atoms with van der Waals surface area (Å²) in [6.07, 6.45) is 1.34. The average Bonchev–Trinajstić information content (AvgIpc) is 2.66. The van der Waals surface area contributed by atoms with Crippen molar-refractivity contribution in [2.24, 2.45) is 0 Å². The predicted molar refractivity (Wildman–Crippen MR) is 94.0 cm³/mol. The van der Waals surface area contributed by atoms with Crippen molar-refractivity contribution in [2.45, 2.75) is 0 Å². The Morgan fingerprint density at radius 2 is 1.40 bits per heavy atom. The summed E-state index contributed by atoms with van der Waals surface area (Å²) in [6.45, 7) is 0. The number of hydrogen-bond donors (Lipinski definition) is 1. The summed E-state index contributed by atoms with van der Waals surface area (Å²) in [7, 11) is 6.00. The fourth-order valence-corrected chi connectivity index (χ4v) is 2.27. The van der Waals surface area contributed by atoms with Gasteiger partial charge in [-0.2, -0.15) is 0 Å². The first kappa shape index (κ1) is 18.2. The van der Waals surface area contributed by atoms with Gasteiger partial charge in [0.15, 0.2) is 5.76 Å². The largest absolute Gasteiger partial charge is 0.504 e. The minimum atomic E-state index is -0.572. The van der Waals surface area contributed by atoms with Gasteiger partial charge in [-0.05, 0) is 30.3 Å². The monoisotopic (exact) mass is 344 g/mol. The molecule has 2 rings (SSSR count). The molecule has 0 aliphatic heterocycles. The van der Waals surface area contributed by atoms with Gasteiger partial charge in [0.25, 0.3) is 0 Å². The molecule has 0 radical (unpaired) electrons. The first-order valence-electron chi connectivity index (χ1n) is 7.43. The molecule has 0 atom stereocenters. The highest BCUT2D eigenvalue weighted by Crippen LogP contribution is 2.29. The van der Waals surface area contributed by atoms with Crippen LogP contribution in [0.4, 0.5) is 0 Å². The second-order valence-electron chi connectivity index (χ2n) is 5.03. The molecule has 0 amide bonds. The van der Waals surface area contributed by atoms with Gasteiger partial charge in [0.1, 0.15) is 23.0 Å². The number of allylic oxidation sites excluding steroid dienone is 1. The number of aliphatic hydroxyl groups is 1. The van der Waals surface area contributed by atoms with E-state index in [0.717, 1.165) is 0 Å². The predicted octanol–water partition coefficient (Wildman–Crippen LogP) is 3.50. The molecule has 0 heterocycles. The Hall–Kier alpha value is -3.15. The second kappa shape index (κ2) is 8.10. The van der Waals surface area contributed by atoms with Crippen LogP contribution in [0.15, 0.2) is 42.2 Å². The number of ether oxygens (including phenoxy) is 4. The van der Waals surface area contributed by atoms with E-state index in [2.05, 4.69) is 0 Å². The van der Waals surface area contributed by atoms with Crippen LogP contribution >= 0.6 is 0 Å². The molecule has 2 aromatic rings. The molecular formula is C19H20O6. The quantitative estimate of drug-likeness (QED) is 0.471. The lowest BCUT2D eigenvalue weighted by Gasteiger charge is -2.10. The topological polar surface area (TPSA) is 74.2 Å². The van der Waals surface area contributed by atoms with Gasteiger partial charge in [-0.15, -0.1) is 0 Å². The van der Waals surface area contributed by atoms with E-state index in [1.54, 1.807) is 37.4 Å². The molecule has 1 N–H and O–H groups in total. The number of carbonyl (C=O) groups excluding carboxylic acids is 1. The lowest BCUT2D eigenvalue weighted by atomic mass is 10.1. The maximum Gasteiger partial charge on any atom is 0.231 e. The highest BCUT2D eigenvalue weighted by Gasteiger charge is 2.18. The van der Waals surface area contributed by atoms with Crippen LogP contribution in [0.3, 0.4) is 0 Å². The third-order valence-electron chi connectivity index (χ3n) is 3.62. The van der Waals surface area contributed by atoms with Crippen molar-refractivity contribution in [3.63, 3.8) is 0 Å². The van der Waals surface area contributed by atoms with Gasteiger partial charge in [-0.25, -0.2) is 0 Å². The fraction of sp³-hybridized carbons (Fsp3) is 0.211. The first-order chi connectivity index (χ1) is 12.0. The highest BCUT2D eigenvalue weighted by atomic mass is 16.5. The molecule has 0 bridgehead atoms. The molecule has 0 saturated heterocycles. The number of aliphatic hydroxyl groups excluding tert-OH is 1. The summed E-state index contributed by atoms with van der Waals surface area (Å²) in [6, 6.07) is 9.80. The fourth-order valence-electron chi connectivity index (χ4n) is 2.27. The van der Waals surface area contributed by atoms with Crippen LogP contribution in [0.1, 0.15) is 15.9 Å². The maximum absolute atomic E-state index is 12.5. The van der Waals surface area contributed by atoms with Crippen molar-refractivity contribution < 1.29 is 28.8 Å². The lowest BCUT2D eigenvalue weighted by Crippen LogP contribution is -2.05. The Bertz CT molecular complexity index is 794. The zero-order valence-electron chi connectivity index (χ0n) is 14.5. The lowest BCUT2D eigenvalue weighted by molar-refractivity contribution is 0.0977. The molecule has 0 aromatic heterocycles. The van der Waals surface area contributed by atoms with Gasteiger partial charge in [0.05, 0.1) is 34.0 Å². The van der Waals surface area contributed by atoms with Gasteiger partial charge in [0.2, 0.25) is 5.78 Å². The third kappa shape index (κ3) is 4.03. The molecule has 25 heavy (non-hydrogen) atoms. The van der Waals surface area contributed by atoms with Crippen LogP contribution in [0.25, 0.3) is 6.08 Å². The van der Waals surface area contributed by atoms with Gasteiger partial charge in [-0.3, -0.25) is 4.79 Å². The molecule has 6 nitrogen and oxygen atoms in total. The summed E-state index contributed by atoms with van der Waals surface area (Å²) in [5, 5.41) is 10.3. The number of ketones is 1. The van der Waals surface area contributed by atoms with E-state index in [1.807, 2.05) is 0 Å². The van der Waals surface area contributed by atoms with Crippen molar-refractivity contribution in [1.82, 2.24) is 0 Å². The van der Waals surface area contributed by atoms with Crippen molar-refractivity contribution >= 4 is 11.9 Å². The molecule has 0 spiro atoms. The zero-order chi connectivity index (χ0) is 18.4. The standard InChI is InChI=1S/C19H20O6/c1-22-13-6-5-12(17(10-13)24-3)9-16(20)19(21)15-8-7-14(23-2)11-18(15)25-4/h5-11,20H,1-4H3. The normalized spacial score (nSPS) is 11.0. The average molecular weight is 344 g/mol. The number of carbonyl (C=O) groups is 1. The SMILES string of the molecule is COc1ccc(C=C(O)C(=O)c2ccc(OC)cc2OC)c(OC)c1. The van der Waals surface area contributed by atoms with Gasteiger partial charge in [0, 0.05) is 17.7 Å². The molecule has 132 valence electrons. The van der Waals surface area contributed by atoms with Crippen LogP contribution in [-0.4, -0.2) is 39.3 Å². The Morgan fingerprint density at radius 3 is 1.96 bits per heavy atom. The number of rotatable bonds is 7. The molecule has 0 unspecified atom stereocenters. The van der Waals surface area contributed by atoms with Crippen LogP contribution in [0.2, 0.25) is 0 Å². The van der Waals surface area contributed by atoms with Crippen molar-refractivity contribution in [3.8, 4) is 23.0 Å². The van der Waals surface area contributed by atoms with E-state index in [-0.39, 0.29) is 5.56 Å². The van der Waals surface area contributed by atoms with E-state index in [9.17, 15) is 9.90 Å².